The lowest BCUT2D eigenvalue weighted by Crippen LogP contribution is -2.76. The number of amides is 1. The van der Waals surface area contributed by atoms with E-state index in [4.69, 9.17) is 10.5 Å². The molecule has 1 saturated carbocycles. The summed E-state index contributed by atoms with van der Waals surface area (Å²) < 4.78 is 5.67. The summed E-state index contributed by atoms with van der Waals surface area (Å²) in [5.41, 5.74) is 5.10. The molecule has 0 bridgehead atoms. The van der Waals surface area contributed by atoms with Gasteiger partial charge in [0.2, 0.25) is 5.91 Å². The first kappa shape index (κ1) is 19.4. The number of nitrogens with one attached hydrogen (secondary N) is 1. The molecule has 0 aliphatic heterocycles. The topological polar surface area (TPSA) is 84.6 Å². The highest BCUT2D eigenvalue weighted by molar-refractivity contribution is 5.88. The van der Waals surface area contributed by atoms with Crippen LogP contribution in [0.2, 0.25) is 0 Å². The second-order valence-corrected chi connectivity index (χ2v) is 7.20. The minimum Gasteiger partial charge on any atom is -0.396 e. The zero-order chi connectivity index (χ0) is 17.0. The molecule has 1 fully saturated rings. The molecule has 0 aromatic carbocycles. The van der Waals surface area contributed by atoms with Gasteiger partial charge >= 0.3 is 0 Å². The zero-order valence-corrected chi connectivity index (χ0v) is 14.9. The van der Waals surface area contributed by atoms with Gasteiger partial charge in [0.25, 0.3) is 0 Å². The summed E-state index contributed by atoms with van der Waals surface area (Å²) in [5, 5.41) is 12.3. The zero-order valence-electron chi connectivity index (χ0n) is 14.9. The van der Waals surface area contributed by atoms with Crippen molar-refractivity contribution >= 4 is 5.91 Å². The first-order valence-corrected chi connectivity index (χ1v) is 8.52. The summed E-state index contributed by atoms with van der Waals surface area (Å²) in [6.07, 6.45) is 3.14. The third kappa shape index (κ3) is 3.31. The third-order valence-electron chi connectivity index (χ3n) is 6.00. The standard InChI is InChI=1S/C17H34N2O3/c1-6-16(7-2,9-10-20)12-19-14(21)17(18)11-13(22-8-3)15(17,4)5/h13,20H,6-12,18H2,1-5H3,(H,19,21). The molecule has 1 rings (SSSR count). The lowest BCUT2D eigenvalue weighted by atomic mass is 9.54. The minimum atomic E-state index is -0.876. The molecular formula is C17H34N2O3. The molecule has 1 aliphatic carbocycles. The average Bonchev–Trinajstić information content (AvgIpc) is 2.50. The Hall–Kier alpha value is -0.650. The molecule has 2 atom stereocenters. The smallest absolute Gasteiger partial charge is 0.240 e. The van der Waals surface area contributed by atoms with Crippen molar-refractivity contribution in [1.29, 1.82) is 0 Å². The number of rotatable bonds is 9. The molecule has 4 N–H and O–H groups in total. The number of aliphatic hydroxyl groups excluding tert-OH is 1. The van der Waals surface area contributed by atoms with E-state index in [0.29, 0.717) is 26.0 Å². The van der Waals surface area contributed by atoms with Crippen molar-refractivity contribution in [1.82, 2.24) is 5.32 Å². The van der Waals surface area contributed by atoms with Gasteiger partial charge in [-0.1, -0.05) is 27.7 Å². The predicted molar refractivity (Wildman–Crippen MR) is 88.5 cm³/mol. The Kier molecular flexibility index (Phi) is 6.42. The van der Waals surface area contributed by atoms with Gasteiger partial charge in [0.1, 0.15) is 5.54 Å². The van der Waals surface area contributed by atoms with Crippen molar-refractivity contribution in [2.24, 2.45) is 16.6 Å². The fourth-order valence-corrected chi connectivity index (χ4v) is 3.43. The lowest BCUT2D eigenvalue weighted by Gasteiger charge is -2.57. The van der Waals surface area contributed by atoms with E-state index in [1.165, 1.54) is 0 Å². The van der Waals surface area contributed by atoms with Crippen molar-refractivity contribution in [3.63, 3.8) is 0 Å². The second-order valence-electron chi connectivity index (χ2n) is 7.20. The van der Waals surface area contributed by atoms with E-state index in [0.717, 1.165) is 12.8 Å². The van der Waals surface area contributed by atoms with Crippen LogP contribution in [0.1, 0.15) is 60.3 Å². The highest BCUT2D eigenvalue weighted by atomic mass is 16.5. The number of ether oxygens (including phenoxy) is 1. The molecular weight excluding hydrogens is 280 g/mol. The van der Waals surface area contributed by atoms with Gasteiger partial charge < -0.3 is 20.9 Å². The molecule has 0 aromatic rings. The van der Waals surface area contributed by atoms with Gasteiger partial charge in [-0.3, -0.25) is 4.79 Å². The van der Waals surface area contributed by atoms with E-state index in [-0.39, 0.29) is 29.4 Å². The Morgan fingerprint density at radius 2 is 1.95 bits per heavy atom. The SMILES string of the molecule is CCOC1CC(N)(C(=O)NCC(CC)(CC)CCO)C1(C)C. The van der Waals surface area contributed by atoms with Crippen LogP contribution in [0.5, 0.6) is 0 Å². The van der Waals surface area contributed by atoms with Gasteiger partial charge in [-0.15, -0.1) is 0 Å². The molecule has 22 heavy (non-hydrogen) atoms. The molecule has 130 valence electrons. The maximum Gasteiger partial charge on any atom is 0.240 e. The van der Waals surface area contributed by atoms with Crippen LogP contribution in [0.15, 0.2) is 0 Å². The van der Waals surface area contributed by atoms with E-state index >= 15 is 0 Å². The molecule has 0 saturated heterocycles. The molecule has 0 radical (unpaired) electrons. The average molecular weight is 314 g/mol. The van der Waals surface area contributed by atoms with Crippen LogP contribution < -0.4 is 11.1 Å². The van der Waals surface area contributed by atoms with E-state index < -0.39 is 5.54 Å². The summed E-state index contributed by atoms with van der Waals surface area (Å²) >= 11 is 0. The molecule has 0 aromatic heterocycles. The number of carbonyl (C=O) groups is 1. The highest BCUT2D eigenvalue weighted by Gasteiger charge is 2.62. The maximum absolute atomic E-state index is 12.6. The fraction of sp³-hybridized carbons (Fsp3) is 0.941. The fourth-order valence-electron chi connectivity index (χ4n) is 3.43. The van der Waals surface area contributed by atoms with Crippen LogP contribution in [0.4, 0.5) is 0 Å². The number of hydrogen-bond acceptors (Lipinski definition) is 4. The lowest BCUT2D eigenvalue weighted by molar-refractivity contribution is -0.171. The van der Waals surface area contributed by atoms with Crippen LogP contribution in [0.25, 0.3) is 0 Å². The van der Waals surface area contributed by atoms with Crippen LogP contribution in [-0.2, 0) is 9.53 Å². The van der Waals surface area contributed by atoms with Gasteiger partial charge in [-0.2, -0.15) is 0 Å². The predicted octanol–water partition coefficient (Wildman–Crippen LogP) is 1.82. The normalized spacial score (nSPS) is 27.3. The van der Waals surface area contributed by atoms with Crippen molar-refractivity contribution < 1.29 is 14.6 Å². The Morgan fingerprint density at radius 3 is 2.36 bits per heavy atom. The van der Waals surface area contributed by atoms with Crippen LogP contribution >= 0.6 is 0 Å². The molecule has 0 heterocycles. The molecule has 1 amide bonds. The van der Waals surface area contributed by atoms with Crippen molar-refractivity contribution in [3.05, 3.63) is 0 Å². The molecule has 1 aliphatic rings. The number of nitrogens with two attached hydrogens (primary N) is 1. The second kappa shape index (κ2) is 7.28. The number of hydrogen-bond donors (Lipinski definition) is 3. The van der Waals surface area contributed by atoms with Gasteiger partial charge in [-0.25, -0.2) is 0 Å². The van der Waals surface area contributed by atoms with Crippen molar-refractivity contribution in [2.75, 3.05) is 19.8 Å². The summed E-state index contributed by atoms with van der Waals surface area (Å²) in [6.45, 7) is 11.5. The Labute approximate surface area is 135 Å². The summed E-state index contributed by atoms with van der Waals surface area (Å²) in [5.74, 6) is -0.0994. The quantitative estimate of drug-likeness (QED) is 0.606. The molecule has 0 spiro atoms. The van der Waals surface area contributed by atoms with Crippen molar-refractivity contribution in [2.45, 2.75) is 71.9 Å². The van der Waals surface area contributed by atoms with Gasteiger partial charge in [0, 0.05) is 31.6 Å². The van der Waals surface area contributed by atoms with Gasteiger partial charge in [-0.05, 0) is 31.6 Å². The highest BCUT2D eigenvalue weighted by Crippen LogP contribution is 2.49. The van der Waals surface area contributed by atoms with Crippen LogP contribution in [-0.4, -0.2) is 42.4 Å². The largest absolute Gasteiger partial charge is 0.396 e. The number of aliphatic hydroxyl groups is 1. The summed E-state index contributed by atoms with van der Waals surface area (Å²) in [6, 6.07) is 0. The van der Waals surface area contributed by atoms with Crippen LogP contribution in [0, 0.1) is 10.8 Å². The Bertz CT molecular complexity index is 380. The molecule has 5 nitrogen and oxygen atoms in total. The molecule has 2 unspecified atom stereocenters. The van der Waals surface area contributed by atoms with Gasteiger partial charge in [0.15, 0.2) is 0 Å². The number of carbonyl (C=O) groups excluding carboxylic acids is 1. The minimum absolute atomic E-state index is 0.0350. The Balaban J connectivity index is 2.69. The van der Waals surface area contributed by atoms with E-state index in [9.17, 15) is 9.90 Å². The van der Waals surface area contributed by atoms with E-state index in [1.54, 1.807) is 0 Å². The van der Waals surface area contributed by atoms with E-state index in [2.05, 4.69) is 19.2 Å². The third-order valence-corrected chi connectivity index (χ3v) is 6.00. The van der Waals surface area contributed by atoms with Crippen LogP contribution in [0.3, 0.4) is 0 Å². The molecule has 5 heteroatoms. The van der Waals surface area contributed by atoms with Gasteiger partial charge in [0.05, 0.1) is 6.10 Å². The monoisotopic (exact) mass is 314 g/mol. The summed E-state index contributed by atoms with van der Waals surface area (Å²) in [4.78, 5) is 12.6. The Morgan fingerprint density at radius 1 is 1.36 bits per heavy atom. The van der Waals surface area contributed by atoms with E-state index in [1.807, 2.05) is 20.8 Å². The first-order valence-electron chi connectivity index (χ1n) is 8.52. The van der Waals surface area contributed by atoms with Crippen molar-refractivity contribution in [3.8, 4) is 0 Å². The first-order chi connectivity index (χ1) is 10.2. The summed E-state index contributed by atoms with van der Waals surface area (Å²) in [7, 11) is 0. The maximum atomic E-state index is 12.6.